The Balaban J connectivity index is 2.30. The predicted molar refractivity (Wildman–Crippen MR) is 70.9 cm³/mol. The van der Waals surface area contributed by atoms with Gasteiger partial charge in [-0.15, -0.1) is 0 Å². The third-order valence-electron chi connectivity index (χ3n) is 2.50. The van der Waals surface area contributed by atoms with Crippen molar-refractivity contribution in [2.45, 2.75) is 6.42 Å². The lowest BCUT2D eigenvalue weighted by Gasteiger charge is -2.05. The number of Topliss-reactive ketones (excluding diaryl/α,β-unsaturated/α-hetero) is 1. The summed E-state index contributed by atoms with van der Waals surface area (Å²) in [5.74, 6) is -0.937. The molecule has 92 valence electrons. The van der Waals surface area contributed by atoms with Gasteiger partial charge < -0.3 is 0 Å². The lowest BCUT2D eigenvalue weighted by molar-refractivity contribution is 0.0992. The second-order valence-electron chi connectivity index (χ2n) is 3.83. The molecule has 2 aromatic carbocycles. The maximum Gasteiger partial charge on any atom is 0.168 e. The lowest BCUT2D eigenvalue weighted by atomic mass is 10.0. The molecule has 0 spiro atoms. The Morgan fingerprint density at radius 2 is 1.78 bits per heavy atom. The summed E-state index contributed by atoms with van der Waals surface area (Å²) >= 11 is 11.5. The van der Waals surface area contributed by atoms with E-state index in [0.717, 1.165) is 11.6 Å². The fourth-order valence-corrected chi connectivity index (χ4v) is 2.05. The quantitative estimate of drug-likeness (QED) is 0.596. The van der Waals surface area contributed by atoms with Gasteiger partial charge in [0.15, 0.2) is 5.78 Å². The summed E-state index contributed by atoms with van der Waals surface area (Å²) in [5.41, 5.74) is 0.962. The van der Waals surface area contributed by atoms with Gasteiger partial charge in [-0.05, 0) is 17.7 Å². The molecule has 0 heterocycles. The van der Waals surface area contributed by atoms with Crippen LogP contribution in [0, 0.1) is 5.82 Å². The molecule has 0 N–H and O–H groups in total. The van der Waals surface area contributed by atoms with E-state index in [0.29, 0.717) is 0 Å². The summed E-state index contributed by atoms with van der Waals surface area (Å²) in [4.78, 5) is 12.0. The molecule has 0 bridgehead atoms. The highest BCUT2D eigenvalue weighted by Gasteiger charge is 2.15. The number of ketones is 1. The van der Waals surface area contributed by atoms with Crippen LogP contribution in [0.1, 0.15) is 15.9 Å². The van der Waals surface area contributed by atoms with Crippen molar-refractivity contribution in [2.75, 3.05) is 0 Å². The van der Waals surface area contributed by atoms with Gasteiger partial charge in [-0.1, -0.05) is 53.5 Å². The van der Waals surface area contributed by atoms with Crippen LogP contribution in [0.3, 0.4) is 0 Å². The summed E-state index contributed by atoms with van der Waals surface area (Å²) in [7, 11) is 0. The van der Waals surface area contributed by atoms with Crippen molar-refractivity contribution in [2.24, 2.45) is 0 Å². The van der Waals surface area contributed by atoms with Gasteiger partial charge in [-0.3, -0.25) is 4.79 Å². The second kappa shape index (κ2) is 5.51. The largest absolute Gasteiger partial charge is 0.294 e. The SMILES string of the molecule is O=C(Cc1ccccc1)c1cc(Cl)cc(F)c1Cl. The zero-order valence-corrected chi connectivity index (χ0v) is 10.8. The van der Waals surface area contributed by atoms with E-state index < -0.39 is 5.82 Å². The number of rotatable bonds is 3. The molecule has 2 aromatic rings. The summed E-state index contributed by atoms with van der Waals surface area (Å²) in [6.07, 6.45) is 0.167. The molecule has 0 aromatic heterocycles. The highest BCUT2D eigenvalue weighted by Crippen LogP contribution is 2.25. The van der Waals surface area contributed by atoms with Gasteiger partial charge in [0.05, 0.1) is 5.02 Å². The topological polar surface area (TPSA) is 17.1 Å². The second-order valence-corrected chi connectivity index (χ2v) is 4.65. The van der Waals surface area contributed by atoms with E-state index in [1.165, 1.54) is 6.07 Å². The Bertz CT molecular complexity index is 582. The highest BCUT2D eigenvalue weighted by molar-refractivity contribution is 6.36. The first-order valence-corrected chi connectivity index (χ1v) is 6.05. The van der Waals surface area contributed by atoms with Crippen LogP contribution < -0.4 is 0 Å². The number of carbonyl (C=O) groups excluding carboxylic acids is 1. The number of hydrogen-bond donors (Lipinski definition) is 0. The third kappa shape index (κ3) is 2.89. The first-order valence-electron chi connectivity index (χ1n) is 5.29. The molecule has 0 aliphatic heterocycles. The minimum atomic E-state index is -0.680. The molecule has 0 saturated heterocycles. The number of halogens is 3. The van der Waals surface area contributed by atoms with Gasteiger partial charge in [0.1, 0.15) is 5.82 Å². The normalized spacial score (nSPS) is 10.4. The van der Waals surface area contributed by atoms with Crippen molar-refractivity contribution >= 4 is 29.0 Å². The summed E-state index contributed by atoms with van der Waals surface area (Å²) < 4.78 is 13.4. The molecule has 0 unspecified atom stereocenters. The molecule has 0 atom stereocenters. The van der Waals surface area contributed by atoms with Crippen LogP contribution in [0.15, 0.2) is 42.5 Å². The molecule has 0 saturated carbocycles. The molecule has 0 fully saturated rings. The van der Waals surface area contributed by atoms with Gasteiger partial charge in [0, 0.05) is 17.0 Å². The zero-order valence-electron chi connectivity index (χ0n) is 9.29. The van der Waals surface area contributed by atoms with Crippen molar-refractivity contribution in [3.05, 3.63) is 69.5 Å². The molecule has 18 heavy (non-hydrogen) atoms. The number of benzene rings is 2. The van der Waals surface area contributed by atoms with E-state index in [1.807, 2.05) is 30.3 Å². The summed E-state index contributed by atoms with van der Waals surface area (Å²) in [5, 5.41) is -0.0198. The van der Waals surface area contributed by atoms with Gasteiger partial charge in [0.2, 0.25) is 0 Å². The Labute approximate surface area is 114 Å². The molecule has 2 rings (SSSR count). The predicted octanol–water partition coefficient (Wildman–Crippen LogP) is 4.56. The molecular weight excluding hydrogens is 274 g/mol. The zero-order chi connectivity index (χ0) is 13.1. The average molecular weight is 283 g/mol. The average Bonchev–Trinajstić information content (AvgIpc) is 2.35. The summed E-state index contributed by atoms with van der Waals surface area (Å²) in [6.45, 7) is 0. The van der Waals surface area contributed by atoms with Crippen molar-refractivity contribution in [3.63, 3.8) is 0 Å². The van der Waals surface area contributed by atoms with Gasteiger partial charge in [-0.2, -0.15) is 0 Å². The van der Waals surface area contributed by atoms with Crippen LogP contribution in [-0.2, 0) is 6.42 Å². The van der Waals surface area contributed by atoms with Crippen molar-refractivity contribution in [3.8, 4) is 0 Å². The van der Waals surface area contributed by atoms with E-state index in [2.05, 4.69) is 0 Å². The Morgan fingerprint density at radius 3 is 2.44 bits per heavy atom. The highest BCUT2D eigenvalue weighted by atomic mass is 35.5. The maximum atomic E-state index is 13.4. The first kappa shape index (κ1) is 13.1. The van der Waals surface area contributed by atoms with E-state index in [9.17, 15) is 9.18 Å². The van der Waals surface area contributed by atoms with E-state index in [-0.39, 0.29) is 27.8 Å². The molecular formula is C14H9Cl2FO. The fourth-order valence-electron chi connectivity index (χ4n) is 1.64. The minimum absolute atomic E-state index is 0.116. The van der Waals surface area contributed by atoms with Crippen molar-refractivity contribution < 1.29 is 9.18 Å². The van der Waals surface area contributed by atoms with E-state index in [4.69, 9.17) is 23.2 Å². The Hall–Kier alpha value is -1.38. The smallest absolute Gasteiger partial charge is 0.168 e. The maximum absolute atomic E-state index is 13.4. The molecule has 0 radical (unpaired) electrons. The fraction of sp³-hybridized carbons (Fsp3) is 0.0714. The number of hydrogen-bond acceptors (Lipinski definition) is 1. The van der Waals surface area contributed by atoms with Crippen LogP contribution in [0.4, 0.5) is 4.39 Å². The van der Waals surface area contributed by atoms with Crippen LogP contribution in [0.5, 0.6) is 0 Å². The van der Waals surface area contributed by atoms with Gasteiger partial charge in [-0.25, -0.2) is 4.39 Å². The first-order chi connectivity index (χ1) is 8.58. The molecule has 0 aliphatic rings. The molecule has 0 aliphatic carbocycles. The van der Waals surface area contributed by atoms with Crippen LogP contribution in [0.2, 0.25) is 10.0 Å². The van der Waals surface area contributed by atoms with E-state index in [1.54, 1.807) is 0 Å². The Morgan fingerprint density at radius 1 is 1.11 bits per heavy atom. The monoisotopic (exact) mass is 282 g/mol. The standard InChI is InChI=1S/C14H9Cl2FO/c15-10-7-11(14(16)12(17)8-10)13(18)6-9-4-2-1-3-5-9/h1-5,7-8H,6H2. The van der Waals surface area contributed by atoms with Gasteiger partial charge >= 0.3 is 0 Å². The lowest BCUT2D eigenvalue weighted by Crippen LogP contribution is -2.05. The van der Waals surface area contributed by atoms with E-state index >= 15 is 0 Å². The minimum Gasteiger partial charge on any atom is -0.294 e. The van der Waals surface area contributed by atoms with Crippen molar-refractivity contribution in [1.82, 2.24) is 0 Å². The Kier molecular flexibility index (Phi) is 4.00. The van der Waals surface area contributed by atoms with Crippen molar-refractivity contribution in [1.29, 1.82) is 0 Å². The summed E-state index contributed by atoms with van der Waals surface area (Å²) in [6, 6.07) is 11.7. The number of carbonyl (C=O) groups is 1. The van der Waals surface area contributed by atoms with Gasteiger partial charge in [0.25, 0.3) is 0 Å². The third-order valence-corrected chi connectivity index (χ3v) is 3.10. The molecule has 4 heteroatoms. The molecule has 1 nitrogen and oxygen atoms in total. The molecule has 0 amide bonds. The van der Waals surface area contributed by atoms with Crippen LogP contribution in [-0.4, -0.2) is 5.78 Å². The van der Waals surface area contributed by atoms with Crippen LogP contribution >= 0.6 is 23.2 Å². The van der Waals surface area contributed by atoms with Crippen LogP contribution in [0.25, 0.3) is 0 Å².